The first-order chi connectivity index (χ1) is 14.6. The van der Waals surface area contributed by atoms with Crippen molar-refractivity contribution in [3.8, 4) is 34.3 Å². The molecule has 0 aliphatic carbocycles. The summed E-state index contributed by atoms with van der Waals surface area (Å²) in [5, 5.41) is 20.2. The summed E-state index contributed by atoms with van der Waals surface area (Å²) in [5.41, 5.74) is 3.02. The number of thiophene rings is 1. The van der Waals surface area contributed by atoms with Crippen molar-refractivity contribution in [3.05, 3.63) is 89.4 Å². The molecular weight excluding hydrogens is 398 g/mol. The van der Waals surface area contributed by atoms with Crippen LogP contribution in [0.5, 0.6) is 11.7 Å². The molecule has 0 unspecified atom stereocenters. The van der Waals surface area contributed by atoms with Crippen LogP contribution in [0.4, 0.5) is 0 Å². The predicted molar refractivity (Wildman–Crippen MR) is 116 cm³/mol. The van der Waals surface area contributed by atoms with Crippen LogP contribution in [0.3, 0.4) is 0 Å². The van der Waals surface area contributed by atoms with Gasteiger partial charge in [-0.2, -0.15) is 0 Å². The average Bonchev–Trinajstić information content (AvgIpc) is 3.37. The molecule has 5 aromatic rings. The summed E-state index contributed by atoms with van der Waals surface area (Å²) in [5.74, 6) is 0.175. The standard InChI is InChI=1S/C24H15NO4S/c26-17-10-11-18-19(12-17)30-23(22(28)15-4-2-1-3-5-15)21(18)14-6-8-16(9-7-14)24-25-13-20(27)29-24/h1-13,26-27H. The molecular formula is C24H15NO4S. The maximum Gasteiger partial charge on any atom is 0.302 e. The van der Waals surface area contributed by atoms with E-state index in [0.29, 0.717) is 21.9 Å². The van der Waals surface area contributed by atoms with Gasteiger partial charge >= 0.3 is 5.95 Å². The van der Waals surface area contributed by atoms with Gasteiger partial charge in [-0.1, -0.05) is 42.5 Å². The maximum absolute atomic E-state index is 13.3. The molecule has 0 atom stereocenters. The summed E-state index contributed by atoms with van der Waals surface area (Å²) >= 11 is 1.37. The van der Waals surface area contributed by atoms with E-state index in [0.717, 1.165) is 21.2 Å². The second-order valence-electron chi connectivity index (χ2n) is 6.76. The highest BCUT2D eigenvalue weighted by Gasteiger charge is 2.21. The fraction of sp³-hybridized carbons (Fsp3) is 0. The minimum atomic E-state index is -0.242. The monoisotopic (exact) mass is 413 g/mol. The van der Waals surface area contributed by atoms with Crippen LogP contribution in [0.25, 0.3) is 32.7 Å². The summed E-state index contributed by atoms with van der Waals surface area (Å²) in [7, 11) is 0. The number of phenolic OH excluding ortho intramolecular Hbond substituents is 1. The van der Waals surface area contributed by atoms with Crippen LogP contribution < -0.4 is 0 Å². The molecule has 0 bridgehead atoms. The van der Waals surface area contributed by atoms with Crippen LogP contribution in [-0.4, -0.2) is 21.0 Å². The maximum atomic E-state index is 13.3. The first-order valence-corrected chi connectivity index (χ1v) is 10.0. The summed E-state index contributed by atoms with van der Waals surface area (Å²) in [6.45, 7) is 0. The van der Waals surface area contributed by atoms with Crippen LogP contribution in [0.2, 0.25) is 0 Å². The Bertz CT molecular complexity index is 1370. The molecule has 0 spiro atoms. The predicted octanol–water partition coefficient (Wildman–Crippen LogP) is 5.87. The van der Waals surface area contributed by atoms with Crippen LogP contribution >= 0.6 is 11.3 Å². The molecule has 0 aliphatic rings. The van der Waals surface area contributed by atoms with E-state index in [4.69, 9.17) is 4.42 Å². The van der Waals surface area contributed by atoms with Gasteiger partial charge in [0.2, 0.25) is 11.7 Å². The minimum absolute atomic E-state index is 0.0620. The Morgan fingerprint density at radius 1 is 0.900 bits per heavy atom. The molecule has 3 aromatic carbocycles. The Kier molecular flexibility index (Phi) is 4.34. The van der Waals surface area contributed by atoms with E-state index >= 15 is 0 Å². The molecule has 0 saturated carbocycles. The molecule has 0 aliphatic heterocycles. The number of hydrogen-bond donors (Lipinski definition) is 2. The van der Waals surface area contributed by atoms with Crippen LogP contribution in [0.1, 0.15) is 15.2 Å². The van der Waals surface area contributed by atoms with Crippen molar-refractivity contribution >= 4 is 27.2 Å². The zero-order chi connectivity index (χ0) is 20.7. The normalized spacial score (nSPS) is 11.1. The van der Waals surface area contributed by atoms with Crippen molar-refractivity contribution in [2.45, 2.75) is 0 Å². The summed E-state index contributed by atoms with van der Waals surface area (Å²) in [6.07, 6.45) is 1.25. The lowest BCUT2D eigenvalue weighted by Crippen LogP contribution is -2.00. The average molecular weight is 413 g/mol. The molecule has 0 fully saturated rings. The van der Waals surface area contributed by atoms with E-state index in [1.807, 2.05) is 48.5 Å². The smallest absolute Gasteiger partial charge is 0.302 e. The van der Waals surface area contributed by atoms with Gasteiger partial charge in [-0.3, -0.25) is 4.79 Å². The number of oxazole rings is 1. The van der Waals surface area contributed by atoms with Gasteiger partial charge in [0.15, 0.2) is 0 Å². The number of hydrogen-bond acceptors (Lipinski definition) is 6. The molecule has 0 amide bonds. The van der Waals surface area contributed by atoms with E-state index in [-0.39, 0.29) is 17.5 Å². The number of rotatable bonds is 4. The van der Waals surface area contributed by atoms with Crippen molar-refractivity contribution in [2.24, 2.45) is 0 Å². The molecule has 6 heteroatoms. The number of benzene rings is 3. The van der Waals surface area contributed by atoms with Crippen molar-refractivity contribution in [2.75, 3.05) is 0 Å². The Labute approximate surface area is 175 Å². The van der Waals surface area contributed by atoms with Crippen molar-refractivity contribution < 1.29 is 19.4 Å². The van der Waals surface area contributed by atoms with Crippen LogP contribution in [0.15, 0.2) is 83.4 Å². The number of phenols is 1. The Balaban J connectivity index is 1.66. The lowest BCUT2D eigenvalue weighted by atomic mass is 9.97. The number of carbonyl (C=O) groups excluding carboxylic acids is 1. The van der Waals surface area contributed by atoms with E-state index in [1.54, 1.807) is 24.3 Å². The number of fused-ring (bicyclic) bond motifs is 1. The highest BCUT2D eigenvalue weighted by Crippen LogP contribution is 2.41. The number of ketones is 1. The molecule has 146 valence electrons. The minimum Gasteiger partial charge on any atom is -0.508 e. The Hall–Kier alpha value is -3.90. The fourth-order valence-corrected chi connectivity index (χ4v) is 4.65. The van der Waals surface area contributed by atoms with Crippen molar-refractivity contribution in [3.63, 3.8) is 0 Å². The Morgan fingerprint density at radius 2 is 1.63 bits per heavy atom. The van der Waals surface area contributed by atoms with Gasteiger partial charge < -0.3 is 14.6 Å². The van der Waals surface area contributed by atoms with E-state index in [2.05, 4.69) is 4.98 Å². The van der Waals surface area contributed by atoms with Gasteiger partial charge in [-0.25, -0.2) is 4.98 Å². The number of aromatic hydroxyl groups is 2. The third-order valence-corrected chi connectivity index (χ3v) is 5.98. The lowest BCUT2D eigenvalue weighted by Gasteiger charge is -2.06. The first kappa shape index (κ1) is 18.1. The highest BCUT2D eigenvalue weighted by molar-refractivity contribution is 7.21. The van der Waals surface area contributed by atoms with Crippen LogP contribution in [-0.2, 0) is 0 Å². The summed E-state index contributed by atoms with van der Waals surface area (Å²) in [6, 6.07) is 21.7. The summed E-state index contributed by atoms with van der Waals surface area (Å²) in [4.78, 5) is 17.9. The quantitative estimate of drug-likeness (QED) is 0.360. The van der Waals surface area contributed by atoms with Crippen molar-refractivity contribution in [1.82, 2.24) is 4.98 Å². The molecule has 5 nitrogen and oxygen atoms in total. The molecule has 2 heterocycles. The third-order valence-electron chi connectivity index (χ3n) is 4.83. The number of carbonyl (C=O) groups is 1. The van der Waals surface area contributed by atoms with E-state index < -0.39 is 0 Å². The largest absolute Gasteiger partial charge is 0.508 e. The van der Waals surface area contributed by atoms with E-state index in [9.17, 15) is 15.0 Å². The second-order valence-corrected chi connectivity index (χ2v) is 7.81. The van der Waals surface area contributed by atoms with Gasteiger partial charge in [0, 0.05) is 26.8 Å². The van der Waals surface area contributed by atoms with Gasteiger partial charge in [0.05, 0.1) is 4.88 Å². The fourth-order valence-electron chi connectivity index (χ4n) is 3.43. The topological polar surface area (TPSA) is 83.6 Å². The Morgan fingerprint density at radius 3 is 2.33 bits per heavy atom. The van der Waals surface area contributed by atoms with Gasteiger partial charge in [-0.15, -0.1) is 11.3 Å². The summed E-state index contributed by atoms with van der Waals surface area (Å²) < 4.78 is 6.01. The first-order valence-electron chi connectivity index (χ1n) is 9.21. The zero-order valence-electron chi connectivity index (χ0n) is 15.6. The molecule has 2 aromatic heterocycles. The van der Waals surface area contributed by atoms with E-state index in [1.165, 1.54) is 17.5 Å². The molecule has 30 heavy (non-hydrogen) atoms. The molecule has 0 saturated heterocycles. The molecule has 2 N–H and O–H groups in total. The van der Waals surface area contributed by atoms with Crippen molar-refractivity contribution in [1.29, 1.82) is 0 Å². The van der Waals surface area contributed by atoms with Crippen LogP contribution in [0, 0.1) is 0 Å². The highest BCUT2D eigenvalue weighted by atomic mass is 32.1. The number of aromatic nitrogens is 1. The lowest BCUT2D eigenvalue weighted by molar-refractivity contribution is 0.104. The zero-order valence-corrected chi connectivity index (χ0v) is 16.4. The SMILES string of the molecule is O=C(c1ccccc1)c1sc2cc(O)ccc2c1-c1ccc(-c2ncc(O)o2)cc1. The second kappa shape index (κ2) is 7.17. The van der Waals surface area contributed by atoms with Gasteiger partial charge in [-0.05, 0) is 35.9 Å². The third kappa shape index (κ3) is 3.13. The number of nitrogens with zero attached hydrogens (tertiary/aromatic N) is 1. The van der Waals surface area contributed by atoms with Gasteiger partial charge in [0.25, 0.3) is 0 Å². The molecule has 5 rings (SSSR count). The molecule has 0 radical (unpaired) electrons. The van der Waals surface area contributed by atoms with Gasteiger partial charge in [0.1, 0.15) is 11.9 Å².